The molecule has 1 fully saturated rings. The summed E-state index contributed by atoms with van der Waals surface area (Å²) in [7, 11) is 0. The van der Waals surface area contributed by atoms with Crippen LogP contribution in [0.15, 0.2) is 28.1 Å². The van der Waals surface area contributed by atoms with Gasteiger partial charge in [-0.15, -0.1) is 11.8 Å². The second kappa shape index (κ2) is 5.07. The van der Waals surface area contributed by atoms with E-state index in [0.717, 1.165) is 25.7 Å². The highest BCUT2D eigenvalue weighted by Gasteiger charge is 2.36. The number of hydrogen-bond donors (Lipinski definition) is 0. The first-order valence-electron chi connectivity index (χ1n) is 5.96. The minimum absolute atomic E-state index is 0.294. The van der Waals surface area contributed by atoms with E-state index < -0.39 is 0 Å². The third-order valence-electron chi connectivity index (χ3n) is 3.64. The molecule has 1 aliphatic rings. The first-order valence-corrected chi connectivity index (χ1v) is 7.18. The molecule has 90 valence electrons. The zero-order valence-corrected chi connectivity index (χ0v) is 11.1. The Labute approximate surface area is 107 Å². The summed E-state index contributed by atoms with van der Waals surface area (Å²) in [6.07, 6.45) is 8.09. The molecule has 0 bridgehead atoms. The molecule has 0 spiro atoms. The van der Waals surface area contributed by atoms with Gasteiger partial charge in [-0.25, -0.2) is 4.79 Å². The van der Waals surface area contributed by atoms with Crippen LogP contribution in [0.5, 0.6) is 0 Å². The lowest BCUT2D eigenvalue weighted by molar-refractivity contribution is 0.453. The van der Waals surface area contributed by atoms with Crippen LogP contribution in [0.3, 0.4) is 0 Å². The normalized spacial score (nSPS) is 17.8. The smallest absolute Gasteiger partial charge is 0.211 e. The van der Waals surface area contributed by atoms with Gasteiger partial charge in [0.2, 0.25) is 6.08 Å². The standard InChI is InChI=1S/C14H17NOS/c1-11-5-6-12(17-2)9-13(11)14(15-10-16)7-3-4-8-14/h5-6,9H,3-4,7-8H2,1-2H3. The first kappa shape index (κ1) is 12.4. The number of rotatable bonds is 3. The predicted octanol–water partition coefficient (Wildman–Crippen LogP) is 3.82. The number of carbonyl (C=O) groups excluding carboxylic acids is 1. The van der Waals surface area contributed by atoms with Crippen molar-refractivity contribution in [3.8, 4) is 0 Å². The Kier molecular flexibility index (Phi) is 3.70. The number of aliphatic imine (C=N–C) groups is 1. The lowest BCUT2D eigenvalue weighted by Gasteiger charge is -2.25. The fourth-order valence-corrected chi connectivity index (χ4v) is 3.16. The van der Waals surface area contributed by atoms with Crippen LogP contribution in [0.2, 0.25) is 0 Å². The SMILES string of the molecule is CSc1ccc(C)c(C2(N=C=O)CCCC2)c1. The summed E-state index contributed by atoms with van der Waals surface area (Å²) in [5.41, 5.74) is 2.14. The predicted molar refractivity (Wildman–Crippen MR) is 71.2 cm³/mol. The first-order chi connectivity index (χ1) is 8.22. The van der Waals surface area contributed by atoms with Crippen LogP contribution in [0.25, 0.3) is 0 Å². The highest BCUT2D eigenvalue weighted by molar-refractivity contribution is 7.98. The van der Waals surface area contributed by atoms with Gasteiger partial charge in [0, 0.05) is 4.90 Å². The Morgan fingerprint density at radius 3 is 2.65 bits per heavy atom. The second-order valence-electron chi connectivity index (χ2n) is 4.62. The van der Waals surface area contributed by atoms with Crippen LogP contribution in [-0.4, -0.2) is 12.3 Å². The van der Waals surface area contributed by atoms with Crippen molar-refractivity contribution in [2.75, 3.05) is 6.26 Å². The molecule has 0 unspecified atom stereocenters. The molecule has 0 aromatic heterocycles. The molecule has 0 amide bonds. The van der Waals surface area contributed by atoms with Gasteiger partial charge in [0.05, 0.1) is 5.54 Å². The Morgan fingerprint density at radius 1 is 1.35 bits per heavy atom. The van der Waals surface area contributed by atoms with Gasteiger partial charge in [-0.2, -0.15) is 4.99 Å². The van der Waals surface area contributed by atoms with E-state index in [1.165, 1.54) is 16.0 Å². The molecule has 1 aromatic carbocycles. The van der Waals surface area contributed by atoms with Gasteiger partial charge in [0.1, 0.15) is 0 Å². The highest BCUT2D eigenvalue weighted by Crippen LogP contribution is 2.44. The van der Waals surface area contributed by atoms with Crippen molar-refractivity contribution < 1.29 is 4.79 Å². The molecule has 17 heavy (non-hydrogen) atoms. The molecule has 2 nitrogen and oxygen atoms in total. The lowest BCUT2D eigenvalue weighted by atomic mass is 9.86. The Hall–Kier alpha value is -1.05. The number of benzene rings is 1. The summed E-state index contributed by atoms with van der Waals surface area (Å²) in [6.45, 7) is 2.10. The van der Waals surface area contributed by atoms with Gasteiger partial charge >= 0.3 is 0 Å². The van der Waals surface area contributed by atoms with E-state index in [4.69, 9.17) is 0 Å². The molecule has 0 heterocycles. The van der Waals surface area contributed by atoms with Crippen LogP contribution in [0, 0.1) is 6.92 Å². The number of aryl methyl sites for hydroxylation is 1. The maximum Gasteiger partial charge on any atom is 0.235 e. The third-order valence-corrected chi connectivity index (χ3v) is 4.36. The van der Waals surface area contributed by atoms with Gasteiger partial charge in [0.15, 0.2) is 0 Å². The molecule has 0 saturated heterocycles. The number of hydrogen-bond acceptors (Lipinski definition) is 3. The molecule has 0 radical (unpaired) electrons. The lowest BCUT2D eigenvalue weighted by Crippen LogP contribution is -2.20. The molecule has 0 atom stereocenters. The van der Waals surface area contributed by atoms with E-state index in [-0.39, 0.29) is 5.54 Å². The van der Waals surface area contributed by atoms with Gasteiger partial charge in [-0.3, -0.25) is 0 Å². The summed E-state index contributed by atoms with van der Waals surface area (Å²) >= 11 is 1.73. The van der Waals surface area contributed by atoms with Crippen molar-refractivity contribution in [2.24, 2.45) is 4.99 Å². The molecule has 0 N–H and O–H groups in total. The molecular weight excluding hydrogens is 230 g/mol. The van der Waals surface area contributed by atoms with E-state index in [1.54, 1.807) is 17.8 Å². The van der Waals surface area contributed by atoms with Crippen molar-refractivity contribution in [3.63, 3.8) is 0 Å². The van der Waals surface area contributed by atoms with Gasteiger partial charge < -0.3 is 0 Å². The zero-order valence-electron chi connectivity index (χ0n) is 10.3. The molecule has 0 aliphatic heterocycles. The largest absolute Gasteiger partial charge is 0.235 e. The summed E-state index contributed by atoms with van der Waals surface area (Å²) in [5, 5.41) is 0. The van der Waals surface area contributed by atoms with Gasteiger partial charge in [-0.05, 0) is 49.3 Å². The Bertz CT molecular complexity index is 457. The molecule has 1 aliphatic carbocycles. The number of nitrogens with zero attached hydrogens (tertiary/aromatic N) is 1. The van der Waals surface area contributed by atoms with Crippen LogP contribution in [-0.2, 0) is 10.3 Å². The van der Waals surface area contributed by atoms with Crippen molar-refractivity contribution >= 4 is 17.8 Å². The second-order valence-corrected chi connectivity index (χ2v) is 5.50. The maximum atomic E-state index is 10.7. The fourth-order valence-electron chi connectivity index (χ4n) is 2.72. The number of isocyanates is 1. The monoisotopic (exact) mass is 247 g/mol. The van der Waals surface area contributed by atoms with E-state index >= 15 is 0 Å². The van der Waals surface area contributed by atoms with E-state index in [9.17, 15) is 4.79 Å². The van der Waals surface area contributed by atoms with Crippen LogP contribution < -0.4 is 0 Å². The van der Waals surface area contributed by atoms with Crippen molar-refractivity contribution in [1.82, 2.24) is 0 Å². The Balaban J connectivity index is 2.52. The fraction of sp³-hybridized carbons (Fsp3) is 0.500. The highest BCUT2D eigenvalue weighted by atomic mass is 32.2. The summed E-state index contributed by atoms with van der Waals surface area (Å²) in [5.74, 6) is 0. The van der Waals surface area contributed by atoms with E-state index in [0.29, 0.717) is 0 Å². The van der Waals surface area contributed by atoms with Crippen molar-refractivity contribution in [3.05, 3.63) is 29.3 Å². The minimum Gasteiger partial charge on any atom is -0.211 e. The number of thioether (sulfide) groups is 1. The third kappa shape index (κ3) is 2.31. The summed E-state index contributed by atoms with van der Waals surface area (Å²) in [4.78, 5) is 16.1. The molecule has 2 rings (SSSR count). The van der Waals surface area contributed by atoms with Gasteiger partial charge in [0.25, 0.3) is 0 Å². The molecule has 1 aromatic rings. The van der Waals surface area contributed by atoms with Crippen LogP contribution >= 0.6 is 11.8 Å². The van der Waals surface area contributed by atoms with Crippen LogP contribution in [0.4, 0.5) is 0 Å². The minimum atomic E-state index is -0.294. The average molecular weight is 247 g/mol. The van der Waals surface area contributed by atoms with Crippen molar-refractivity contribution in [2.45, 2.75) is 43.0 Å². The topological polar surface area (TPSA) is 29.4 Å². The van der Waals surface area contributed by atoms with E-state index in [2.05, 4.69) is 36.4 Å². The van der Waals surface area contributed by atoms with Crippen molar-refractivity contribution in [1.29, 1.82) is 0 Å². The zero-order chi connectivity index (χ0) is 12.3. The molecule has 3 heteroatoms. The summed E-state index contributed by atoms with van der Waals surface area (Å²) < 4.78 is 0. The maximum absolute atomic E-state index is 10.7. The average Bonchev–Trinajstić information content (AvgIpc) is 2.80. The Morgan fingerprint density at radius 2 is 2.06 bits per heavy atom. The molecular formula is C14H17NOS. The van der Waals surface area contributed by atoms with Crippen LogP contribution in [0.1, 0.15) is 36.8 Å². The molecule has 1 saturated carbocycles. The quantitative estimate of drug-likeness (QED) is 0.461. The van der Waals surface area contributed by atoms with Gasteiger partial charge in [-0.1, -0.05) is 18.9 Å². The van der Waals surface area contributed by atoms with E-state index in [1.807, 2.05) is 0 Å². The summed E-state index contributed by atoms with van der Waals surface area (Å²) in [6, 6.07) is 6.44.